The molecule has 0 N–H and O–H groups in total. The first-order chi connectivity index (χ1) is 6.79. The van der Waals surface area contributed by atoms with Crippen LogP contribution in [0.5, 0.6) is 0 Å². The van der Waals surface area contributed by atoms with Crippen molar-refractivity contribution < 1.29 is 4.79 Å². The maximum Gasteiger partial charge on any atom is 0.222 e. The lowest BCUT2D eigenvalue weighted by Gasteiger charge is -2.38. The largest absolute Gasteiger partial charge is 0.343 e. The van der Waals surface area contributed by atoms with E-state index in [0.717, 1.165) is 31.8 Å². The van der Waals surface area contributed by atoms with Crippen molar-refractivity contribution in [2.45, 2.75) is 26.2 Å². The average molecular weight is 196 g/mol. The topological polar surface area (TPSA) is 23.6 Å². The van der Waals surface area contributed by atoms with Crippen LogP contribution < -0.4 is 0 Å². The quantitative estimate of drug-likeness (QED) is 0.671. The molecule has 0 unspecified atom stereocenters. The molecule has 14 heavy (non-hydrogen) atoms. The zero-order valence-electron chi connectivity index (χ0n) is 9.04. The van der Waals surface area contributed by atoms with E-state index >= 15 is 0 Å². The minimum Gasteiger partial charge on any atom is -0.343 e. The summed E-state index contributed by atoms with van der Waals surface area (Å²) in [6.45, 7) is 7.71. The molecule has 0 aliphatic carbocycles. The molecule has 2 aliphatic rings. The van der Waals surface area contributed by atoms with Crippen molar-refractivity contribution in [2.75, 3.05) is 32.7 Å². The van der Waals surface area contributed by atoms with Gasteiger partial charge in [-0.25, -0.2) is 0 Å². The SMILES string of the molecule is CCN1C[C@H](CN2CCC2)CCC1=O. The summed E-state index contributed by atoms with van der Waals surface area (Å²) in [5.41, 5.74) is 0. The fourth-order valence-electron chi connectivity index (χ4n) is 2.37. The van der Waals surface area contributed by atoms with Gasteiger partial charge in [0.2, 0.25) is 5.91 Å². The Kier molecular flexibility index (Phi) is 3.06. The van der Waals surface area contributed by atoms with Gasteiger partial charge >= 0.3 is 0 Å². The van der Waals surface area contributed by atoms with Gasteiger partial charge in [-0.3, -0.25) is 4.79 Å². The first-order valence-corrected chi connectivity index (χ1v) is 5.79. The van der Waals surface area contributed by atoms with E-state index in [1.807, 2.05) is 4.90 Å². The van der Waals surface area contributed by atoms with E-state index in [0.29, 0.717) is 5.91 Å². The number of rotatable bonds is 3. The molecule has 1 amide bonds. The molecule has 2 fully saturated rings. The number of likely N-dealkylation sites (tertiary alicyclic amines) is 2. The predicted molar refractivity (Wildman–Crippen MR) is 56.0 cm³/mol. The van der Waals surface area contributed by atoms with Crippen molar-refractivity contribution in [2.24, 2.45) is 5.92 Å². The Hall–Kier alpha value is -0.570. The van der Waals surface area contributed by atoms with E-state index in [2.05, 4.69) is 11.8 Å². The number of amides is 1. The summed E-state index contributed by atoms with van der Waals surface area (Å²) in [4.78, 5) is 16.0. The van der Waals surface area contributed by atoms with E-state index in [4.69, 9.17) is 0 Å². The molecule has 3 nitrogen and oxygen atoms in total. The Morgan fingerprint density at radius 1 is 1.43 bits per heavy atom. The zero-order chi connectivity index (χ0) is 9.97. The first kappa shape index (κ1) is 9.97. The number of piperidine rings is 1. The lowest BCUT2D eigenvalue weighted by molar-refractivity contribution is -0.134. The molecule has 0 bridgehead atoms. The van der Waals surface area contributed by atoms with Gasteiger partial charge in [0.05, 0.1) is 0 Å². The van der Waals surface area contributed by atoms with Crippen molar-refractivity contribution in [3.63, 3.8) is 0 Å². The number of carbonyl (C=O) groups excluding carboxylic acids is 1. The van der Waals surface area contributed by atoms with Gasteiger partial charge in [-0.1, -0.05) is 0 Å². The summed E-state index contributed by atoms with van der Waals surface area (Å²) in [5, 5.41) is 0. The summed E-state index contributed by atoms with van der Waals surface area (Å²) in [7, 11) is 0. The third kappa shape index (κ3) is 2.08. The molecule has 0 aromatic rings. The Morgan fingerprint density at radius 3 is 2.79 bits per heavy atom. The monoisotopic (exact) mass is 196 g/mol. The number of hydrogen-bond donors (Lipinski definition) is 0. The minimum absolute atomic E-state index is 0.354. The van der Waals surface area contributed by atoms with E-state index in [1.165, 1.54) is 26.1 Å². The molecule has 0 aromatic heterocycles. The van der Waals surface area contributed by atoms with Gasteiger partial charge in [0.15, 0.2) is 0 Å². The molecular formula is C11H20N2O. The fourth-order valence-corrected chi connectivity index (χ4v) is 2.37. The normalized spacial score (nSPS) is 29.1. The summed E-state index contributed by atoms with van der Waals surface area (Å²) >= 11 is 0. The molecule has 1 atom stereocenters. The zero-order valence-corrected chi connectivity index (χ0v) is 9.04. The van der Waals surface area contributed by atoms with Gasteiger partial charge in [-0.05, 0) is 38.8 Å². The van der Waals surface area contributed by atoms with Gasteiger partial charge < -0.3 is 9.80 Å². The second kappa shape index (κ2) is 4.30. The summed E-state index contributed by atoms with van der Waals surface area (Å²) < 4.78 is 0. The molecule has 0 radical (unpaired) electrons. The first-order valence-electron chi connectivity index (χ1n) is 5.79. The standard InChI is InChI=1S/C11H20N2O/c1-2-13-9-10(4-5-11(13)14)8-12-6-3-7-12/h10H,2-9H2,1H3/t10-/m0/s1. The minimum atomic E-state index is 0.354. The molecule has 2 aliphatic heterocycles. The third-order valence-electron chi connectivity index (χ3n) is 3.44. The second-order valence-corrected chi connectivity index (χ2v) is 4.49. The molecule has 0 aromatic carbocycles. The Bertz CT molecular complexity index is 213. The fraction of sp³-hybridized carbons (Fsp3) is 0.909. The molecule has 0 spiro atoms. The molecule has 2 rings (SSSR count). The van der Waals surface area contributed by atoms with Crippen LogP contribution in [0.3, 0.4) is 0 Å². The summed E-state index contributed by atoms with van der Waals surface area (Å²) in [6, 6.07) is 0. The van der Waals surface area contributed by atoms with Crippen LogP contribution in [0.1, 0.15) is 26.2 Å². The van der Waals surface area contributed by atoms with Gasteiger partial charge in [-0.2, -0.15) is 0 Å². The summed E-state index contributed by atoms with van der Waals surface area (Å²) in [6.07, 6.45) is 3.24. The van der Waals surface area contributed by atoms with Crippen molar-refractivity contribution in [3.8, 4) is 0 Å². The predicted octanol–water partition coefficient (Wildman–Crippen LogP) is 0.951. The Morgan fingerprint density at radius 2 is 2.21 bits per heavy atom. The number of hydrogen-bond acceptors (Lipinski definition) is 2. The highest BCUT2D eigenvalue weighted by Gasteiger charge is 2.27. The lowest BCUT2D eigenvalue weighted by atomic mass is 9.96. The van der Waals surface area contributed by atoms with Crippen molar-refractivity contribution in [3.05, 3.63) is 0 Å². The maximum atomic E-state index is 11.5. The van der Waals surface area contributed by atoms with Gasteiger partial charge in [-0.15, -0.1) is 0 Å². The van der Waals surface area contributed by atoms with Crippen LogP contribution in [0.2, 0.25) is 0 Å². The molecule has 0 saturated carbocycles. The molecule has 2 heterocycles. The van der Waals surface area contributed by atoms with Gasteiger partial charge in [0.25, 0.3) is 0 Å². The highest BCUT2D eigenvalue weighted by Crippen LogP contribution is 2.20. The van der Waals surface area contributed by atoms with Crippen molar-refractivity contribution in [1.29, 1.82) is 0 Å². The second-order valence-electron chi connectivity index (χ2n) is 4.49. The lowest BCUT2D eigenvalue weighted by Crippen LogP contribution is -2.47. The smallest absolute Gasteiger partial charge is 0.222 e. The average Bonchev–Trinajstić information content (AvgIpc) is 2.14. The van der Waals surface area contributed by atoms with Crippen LogP contribution in [-0.4, -0.2) is 48.4 Å². The molecular weight excluding hydrogens is 176 g/mol. The maximum absolute atomic E-state index is 11.5. The van der Waals surface area contributed by atoms with Crippen LogP contribution >= 0.6 is 0 Å². The molecule has 2 saturated heterocycles. The molecule has 3 heteroatoms. The summed E-state index contributed by atoms with van der Waals surface area (Å²) in [5.74, 6) is 1.08. The van der Waals surface area contributed by atoms with Crippen LogP contribution in [0.25, 0.3) is 0 Å². The molecule has 80 valence electrons. The van der Waals surface area contributed by atoms with Gasteiger partial charge in [0.1, 0.15) is 0 Å². The van der Waals surface area contributed by atoms with E-state index in [-0.39, 0.29) is 0 Å². The van der Waals surface area contributed by atoms with Crippen LogP contribution in [0.15, 0.2) is 0 Å². The van der Waals surface area contributed by atoms with Crippen LogP contribution in [0, 0.1) is 5.92 Å². The van der Waals surface area contributed by atoms with E-state index in [1.54, 1.807) is 0 Å². The number of carbonyl (C=O) groups is 1. The van der Waals surface area contributed by atoms with Gasteiger partial charge in [0, 0.05) is 26.1 Å². The van der Waals surface area contributed by atoms with Crippen molar-refractivity contribution >= 4 is 5.91 Å². The highest BCUT2D eigenvalue weighted by molar-refractivity contribution is 5.76. The Labute approximate surface area is 86.1 Å². The third-order valence-corrected chi connectivity index (χ3v) is 3.44. The van der Waals surface area contributed by atoms with Crippen LogP contribution in [0.4, 0.5) is 0 Å². The van der Waals surface area contributed by atoms with E-state index in [9.17, 15) is 4.79 Å². The highest BCUT2D eigenvalue weighted by atomic mass is 16.2. The van der Waals surface area contributed by atoms with E-state index < -0.39 is 0 Å². The Balaban J connectivity index is 1.79. The van der Waals surface area contributed by atoms with Crippen molar-refractivity contribution in [1.82, 2.24) is 9.80 Å². The number of nitrogens with zero attached hydrogens (tertiary/aromatic N) is 2. The van der Waals surface area contributed by atoms with Crippen LogP contribution in [-0.2, 0) is 4.79 Å².